The number of carbonyl (C=O) groups excluding carboxylic acids is 1. The lowest BCUT2D eigenvalue weighted by Gasteiger charge is -2.28. The molecule has 0 atom stereocenters. The van der Waals surface area contributed by atoms with Crippen LogP contribution in [0, 0.1) is 10.1 Å². The number of anilines is 1. The maximum absolute atomic E-state index is 11.5. The second-order valence-corrected chi connectivity index (χ2v) is 5.85. The maximum Gasteiger partial charge on any atom is 0.305 e. The topological polar surface area (TPSA) is 99.7 Å². The minimum Gasteiger partial charge on any atom is -0.469 e. The molecule has 0 bridgehead atoms. The molecule has 1 aliphatic rings. The normalized spacial score (nSPS) is 14.7. The van der Waals surface area contributed by atoms with Crippen LogP contribution in [-0.4, -0.2) is 53.9 Å². The molecule has 9 heteroatoms. The quantitative estimate of drug-likeness (QED) is 0.458. The average Bonchev–Trinajstić information content (AvgIpc) is 2.94. The van der Waals surface area contributed by atoms with E-state index in [-0.39, 0.29) is 23.0 Å². The summed E-state index contributed by atoms with van der Waals surface area (Å²) < 4.78 is 11.8. The maximum atomic E-state index is 11.5. The van der Waals surface area contributed by atoms with E-state index in [9.17, 15) is 14.9 Å². The molecule has 1 fully saturated rings. The number of hydrogen-bond acceptors (Lipinski definition) is 7. The van der Waals surface area contributed by atoms with Crippen LogP contribution in [0.25, 0.3) is 11.0 Å². The molecule has 1 aromatic carbocycles. The summed E-state index contributed by atoms with van der Waals surface area (Å²) in [7, 11) is 3.13. The van der Waals surface area contributed by atoms with Gasteiger partial charge in [-0.3, -0.25) is 14.9 Å². The SMILES string of the molecule is COC(=O)CCc1nc2cc(N3CCOCC3)c([N+](=O)[O-])cc2n1C. The molecule has 9 nitrogen and oxygen atoms in total. The van der Waals surface area contributed by atoms with E-state index in [0.717, 1.165) is 0 Å². The third-order valence-electron chi connectivity index (χ3n) is 4.40. The minimum absolute atomic E-state index is 0.0527. The van der Waals surface area contributed by atoms with Crippen LogP contribution in [0.5, 0.6) is 0 Å². The van der Waals surface area contributed by atoms with Crippen LogP contribution in [0.2, 0.25) is 0 Å². The van der Waals surface area contributed by atoms with Crippen LogP contribution in [0.15, 0.2) is 12.1 Å². The Morgan fingerprint density at radius 1 is 1.40 bits per heavy atom. The number of carbonyl (C=O) groups is 1. The van der Waals surface area contributed by atoms with E-state index in [1.165, 1.54) is 7.11 Å². The van der Waals surface area contributed by atoms with E-state index in [4.69, 9.17) is 4.74 Å². The Morgan fingerprint density at radius 2 is 2.12 bits per heavy atom. The molecule has 0 N–H and O–H groups in total. The Balaban J connectivity index is 2.01. The van der Waals surface area contributed by atoms with Gasteiger partial charge in [-0.05, 0) is 6.07 Å². The van der Waals surface area contributed by atoms with Gasteiger partial charge in [0.25, 0.3) is 5.69 Å². The van der Waals surface area contributed by atoms with Gasteiger partial charge >= 0.3 is 5.97 Å². The Labute approximate surface area is 144 Å². The van der Waals surface area contributed by atoms with Gasteiger partial charge in [-0.2, -0.15) is 0 Å². The van der Waals surface area contributed by atoms with Gasteiger partial charge in [0.05, 0.1) is 42.7 Å². The van der Waals surface area contributed by atoms with Crippen LogP contribution >= 0.6 is 0 Å². The van der Waals surface area contributed by atoms with Gasteiger partial charge in [0.1, 0.15) is 11.5 Å². The number of benzene rings is 1. The van der Waals surface area contributed by atoms with Gasteiger partial charge in [0.15, 0.2) is 0 Å². The number of nitrogens with zero attached hydrogens (tertiary/aromatic N) is 4. The summed E-state index contributed by atoms with van der Waals surface area (Å²) in [6.07, 6.45) is 0.630. The summed E-state index contributed by atoms with van der Waals surface area (Å²) >= 11 is 0. The standard InChI is InChI=1S/C16H20N4O5/c1-18-12-10-14(20(22)23)13(19-5-7-25-8-6-19)9-11(12)17-15(18)3-4-16(21)24-2/h9-10H,3-8H2,1-2H3. The number of esters is 1. The lowest BCUT2D eigenvalue weighted by atomic mass is 10.2. The monoisotopic (exact) mass is 348 g/mol. The molecule has 0 spiro atoms. The van der Waals surface area contributed by atoms with Crippen molar-refractivity contribution >= 4 is 28.4 Å². The van der Waals surface area contributed by atoms with Crippen molar-refractivity contribution in [3.63, 3.8) is 0 Å². The molecular weight excluding hydrogens is 328 g/mol. The van der Waals surface area contributed by atoms with E-state index in [0.29, 0.717) is 55.3 Å². The number of methoxy groups -OCH3 is 1. The molecule has 134 valence electrons. The summed E-state index contributed by atoms with van der Waals surface area (Å²) in [5.41, 5.74) is 1.95. The zero-order chi connectivity index (χ0) is 18.0. The van der Waals surface area contributed by atoms with Crippen LogP contribution in [0.4, 0.5) is 11.4 Å². The second-order valence-electron chi connectivity index (χ2n) is 5.85. The van der Waals surface area contributed by atoms with Crippen LogP contribution in [-0.2, 0) is 27.7 Å². The summed E-state index contributed by atoms with van der Waals surface area (Å²) in [6, 6.07) is 3.30. The van der Waals surface area contributed by atoms with Gasteiger partial charge in [-0.15, -0.1) is 0 Å². The summed E-state index contributed by atoms with van der Waals surface area (Å²) in [5, 5.41) is 11.5. The first-order chi connectivity index (χ1) is 12.0. The third-order valence-corrected chi connectivity index (χ3v) is 4.40. The molecule has 0 amide bonds. The zero-order valence-electron chi connectivity index (χ0n) is 14.2. The highest BCUT2D eigenvalue weighted by Crippen LogP contribution is 2.33. The molecule has 0 saturated carbocycles. The van der Waals surface area contributed by atoms with E-state index in [1.54, 1.807) is 23.7 Å². The summed E-state index contributed by atoms with van der Waals surface area (Å²) in [6.45, 7) is 2.30. The number of fused-ring (bicyclic) bond motifs is 1. The van der Waals surface area contributed by atoms with Crippen molar-refractivity contribution in [3.8, 4) is 0 Å². The van der Waals surface area contributed by atoms with Crippen molar-refractivity contribution in [1.82, 2.24) is 9.55 Å². The van der Waals surface area contributed by atoms with Crippen LogP contribution in [0.3, 0.4) is 0 Å². The Hall–Kier alpha value is -2.68. The van der Waals surface area contributed by atoms with Crippen molar-refractivity contribution in [1.29, 1.82) is 0 Å². The highest BCUT2D eigenvalue weighted by molar-refractivity contribution is 5.86. The first-order valence-corrected chi connectivity index (χ1v) is 8.04. The number of aromatic nitrogens is 2. The van der Waals surface area contributed by atoms with Crippen molar-refractivity contribution in [3.05, 3.63) is 28.1 Å². The van der Waals surface area contributed by atoms with E-state index in [1.807, 2.05) is 4.90 Å². The predicted octanol–water partition coefficient (Wildman–Crippen LogP) is 1.42. The smallest absolute Gasteiger partial charge is 0.305 e. The van der Waals surface area contributed by atoms with Gasteiger partial charge in [0, 0.05) is 32.6 Å². The van der Waals surface area contributed by atoms with Gasteiger partial charge in [-0.25, -0.2) is 4.98 Å². The van der Waals surface area contributed by atoms with Crippen LogP contribution < -0.4 is 4.90 Å². The van der Waals surface area contributed by atoms with E-state index in [2.05, 4.69) is 9.72 Å². The summed E-state index contributed by atoms with van der Waals surface area (Å²) in [4.78, 5) is 29.0. The Bertz CT molecular complexity index is 810. The largest absolute Gasteiger partial charge is 0.469 e. The van der Waals surface area contributed by atoms with Gasteiger partial charge < -0.3 is 18.9 Å². The van der Waals surface area contributed by atoms with Crippen molar-refractivity contribution in [2.75, 3.05) is 38.3 Å². The summed E-state index contributed by atoms with van der Waals surface area (Å²) in [5.74, 6) is 0.376. The lowest BCUT2D eigenvalue weighted by molar-refractivity contribution is -0.384. The first-order valence-electron chi connectivity index (χ1n) is 8.04. The number of imidazole rings is 1. The number of morpholine rings is 1. The predicted molar refractivity (Wildman–Crippen MR) is 90.7 cm³/mol. The number of nitro groups is 1. The van der Waals surface area contributed by atoms with Gasteiger partial charge in [-0.1, -0.05) is 0 Å². The second kappa shape index (κ2) is 7.06. The molecule has 0 aliphatic carbocycles. The molecular formula is C16H20N4O5. The highest BCUT2D eigenvalue weighted by Gasteiger charge is 2.24. The number of rotatable bonds is 5. The molecule has 0 radical (unpaired) electrons. The van der Waals surface area contributed by atoms with E-state index < -0.39 is 0 Å². The minimum atomic E-state index is -0.370. The third kappa shape index (κ3) is 3.41. The highest BCUT2D eigenvalue weighted by atomic mass is 16.6. The first kappa shape index (κ1) is 17.2. The Morgan fingerprint density at radius 3 is 2.76 bits per heavy atom. The molecule has 1 saturated heterocycles. The zero-order valence-corrected chi connectivity index (χ0v) is 14.2. The molecule has 2 aromatic rings. The molecule has 25 heavy (non-hydrogen) atoms. The average molecular weight is 348 g/mol. The fraction of sp³-hybridized carbons (Fsp3) is 0.500. The molecule has 1 aromatic heterocycles. The van der Waals surface area contributed by atoms with Crippen molar-refractivity contribution in [2.45, 2.75) is 12.8 Å². The molecule has 3 rings (SSSR count). The van der Waals surface area contributed by atoms with Crippen molar-refractivity contribution in [2.24, 2.45) is 7.05 Å². The van der Waals surface area contributed by atoms with Crippen molar-refractivity contribution < 1.29 is 19.2 Å². The lowest BCUT2D eigenvalue weighted by Crippen LogP contribution is -2.36. The fourth-order valence-corrected chi connectivity index (χ4v) is 3.01. The molecule has 1 aliphatic heterocycles. The molecule has 2 heterocycles. The number of ether oxygens (including phenoxy) is 2. The Kier molecular flexibility index (Phi) is 4.84. The van der Waals surface area contributed by atoms with Crippen LogP contribution in [0.1, 0.15) is 12.2 Å². The fourth-order valence-electron chi connectivity index (χ4n) is 3.01. The number of hydrogen-bond donors (Lipinski definition) is 0. The van der Waals surface area contributed by atoms with Gasteiger partial charge in [0.2, 0.25) is 0 Å². The van der Waals surface area contributed by atoms with E-state index >= 15 is 0 Å². The number of aryl methyl sites for hydroxylation is 2. The number of nitro benzene ring substituents is 1. The molecule has 0 unspecified atom stereocenters.